The van der Waals surface area contributed by atoms with Gasteiger partial charge >= 0.3 is 0 Å². The van der Waals surface area contributed by atoms with Gasteiger partial charge in [0.2, 0.25) is 0 Å². The van der Waals surface area contributed by atoms with Crippen LogP contribution in [0.3, 0.4) is 0 Å². The van der Waals surface area contributed by atoms with E-state index in [4.69, 9.17) is 17.0 Å². The van der Waals surface area contributed by atoms with Crippen LogP contribution in [0.15, 0.2) is 45.7 Å². The van der Waals surface area contributed by atoms with Crippen molar-refractivity contribution in [2.24, 2.45) is 0 Å². The second-order valence-electron chi connectivity index (χ2n) is 6.45. The minimum absolute atomic E-state index is 0.171. The average molecular weight is 480 g/mol. The van der Waals surface area contributed by atoms with Crippen molar-refractivity contribution >= 4 is 45.0 Å². The van der Waals surface area contributed by atoms with Crippen LogP contribution in [0.2, 0.25) is 0 Å². The zero-order valence-corrected chi connectivity index (χ0v) is 18.0. The Kier molecular flexibility index (Phi) is 6.94. The van der Waals surface area contributed by atoms with Crippen molar-refractivity contribution in [2.75, 3.05) is 13.7 Å². The van der Waals surface area contributed by atoms with Gasteiger partial charge in [0, 0.05) is 36.8 Å². The van der Waals surface area contributed by atoms with Crippen molar-refractivity contribution in [2.45, 2.75) is 19.5 Å². The van der Waals surface area contributed by atoms with E-state index >= 15 is 0 Å². The van der Waals surface area contributed by atoms with Crippen molar-refractivity contribution < 1.29 is 13.9 Å². The Labute approximate surface area is 179 Å². The first-order valence-electron chi connectivity index (χ1n) is 8.88. The Hall–Kier alpha value is -2.36. The standard InChI is InChI=1S/C20H19BrFN3O3S/c1-28-6-2-5-25-19(27)16-4-3-13(9-17(16)24-20(25)29)18(26)23-11-12-7-14(21)10-15(22)8-12/h3-4,7-10H,2,5-6,11H2,1H3,(H,23,26)(H,24,29). The quantitative estimate of drug-likeness (QED) is 0.397. The molecule has 0 saturated carbocycles. The summed E-state index contributed by atoms with van der Waals surface area (Å²) < 4.78 is 20.8. The van der Waals surface area contributed by atoms with Crippen LogP contribution in [0.4, 0.5) is 4.39 Å². The van der Waals surface area contributed by atoms with E-state index < -0.39 is 0 Å². The van der Waals surface area contributed by atoms with Crippen LogP contribution in [-0.4, -0.2) is 29.2 Å². The number of nitrogens with zero attached hydrogens (tertiary/aromatic N) is 1. The Balaban J connectivity index is 1.81. The molecule has 2 aromatic carbocycles. The number of ether oxygens (including phenoxy) is 1. The highest BCUT2D eigenvalue weighted by Crippen LogP contribution is 2.15. The van der Waals surface area contributed by atoms with Gasteiger partial charge in [0.15, 0.2) is 4.77 Å². The van der Waals surface area contributed by atoms with E-state index in [-0.39, 0.29) is 23.8 Å². The highest BCUT2D eigenvalue weighted by atomic mass is 79.9. The molecule has 0 fully saturated rings. The average Bonchev–Trinajstić information content (AvgIpc) is 2.67. The number of carbonyl (C=O) groups is 1. The lowest BCUT2D eigenvalue weighted by atomic mass is 10.1. The molecular formula is C20H19BrFN3O3S. The summed E-state index contributed by atoms with van der Waals surface area (Å²) in [4.78, 5) is 28.2. The Morgan fingerprint density at radius 2 is 2.10 bits per heavy atom. The number of rotatable bonds is 7. The fraction of sp³-hybridized carbons (Fsp3) is 0.250. The summed E-state index contributed by atoms with van der Waals surface area (Å²) in [6.45, 7) is 1.15. The Bertz CT molecular complexity index is 1160. The third-order valence-corrected chi connectivity index (χ3v) is 5.13. The third kappa shape index (κ3) is 5.17. The molecule has 152 valence electrons. The van der Waals surface area contributed by atoms with E-state index in [0.29, 0.717) is 50.8 Å². The molecule has 1 heterocycles. The SMILES string of the molecule is COCCCn1c(=S)[nH]c2cc(C(=O)NCc3cc(F)cc(Br)c3)ccc2c1=O. The van der Waals surface area contributed by atoms with Gasteiger partial charge in [-0.05, 0) is 60.6 Å². The predicted molar refractivity (Wildman–Crippen MR) is 115 cm³/mol. The Morgan fingerprint density at radius 3 is 2.83 bits per heavy atom. The first-order valence-corrected chi connectivity index (χ1v) is 10.1. The second-order valence-corrected chi connectivity index (χ2v) is 7.76. The van der Waals surface area contributed by atoms with Crippen LogP contribution in [-0.2, 0) is 17.8 Å². The maximum atomic E-state index is 13.5. The van der Waals surface area contributed by atoms with Gasteiger partial charge in [0.25, 0.3) is 11.5 Å². The first-order chi connectivity index (χ1) is 13.9. The summed E-state index contributed by atoms with van der Waals surface area (Å²) in [6, 6.07) is 9.20. The van der Waals surface area contributed by atoms with Gasteiger partial charge in [-0.1, -0.05) is 15.9 Å². The molecule has 0 unspecified atom stereocenters. The number of hydrogen-bond acceptors (Lipinski definition) is 4. The predicted octanol–water partition coefficient (Wildman–Crippen LogP) is 3.93. The molecule has 1 amide bonds. The van der Waals surface area contributed by atoms with E-state index in [1.165, 1.54) is 16.7 Å². The van der Waals surface area contributed by atoms with Gasteiger partial charge in [-0.15, -0.1) is 0 Å². The number of fused-ring (bicyclic) bond motifs is 1. The van der Waals surface area contributed by atoms with Gasteiger partial charge in [-0.25, -0.2) is 4.39 Å². The van der Waals surface area contributed by atoms with Crippen molar-refractivity contribution in [3.8, 4) is 0 Å². The molecule has 9 heteroatoms. The fourth-order valence-corrected chi connectivity index (χ4v) is 3.76. The molecule has 2 N–H and O–H groups in total. The topological polar surface area (TPSA) is 76.1 Å². The smallest absolute Gasteiger partial charge is 0.262 e. The molecule has 0 spiro atoms. The zero-order valence-electron chi connectivity index (χ0n) is 15.6. The van der Waals surface area contributed by atoms with Gasteiger partial charge in [0.05, 0.1) is 10.9 Å². The van der Waals surface area contributed by atoms with Crippen LogP contribution in [0.25, 0.3) is 10.9 Å². The summed E-state index contributed by atoms with van der Waals surface area (Å²) in [5, 5.41) is 3.19. The molecule has 0 atom stereocenters. The third-order valence-electron chi connectivity index (χ3n) is 4.35. The summed E-state index contributed by atoms with van der Waals surface area (Å²) in [7, 11) is 1.60. The zero-order chi connectivity index (χ0) is 21.0. The van der Waals surface area contributed by atoms with Crippen LogP contribution < -0.4 is 10.9 Å². The number of halogens is 2. The lowest BCUT2D eigenvalue weighted by Gasteiger charge is -2.10. The van der Waals surface area contributed by atoms with Crippen LogP contribution >= 0.6 is 28.1 Å². The molecule has 3 rings (SSSR count). The number of aromatic amines is 1. The number of nitrogens with one attached hydrogen (secondary N) is 2. The summed E-state index contributed by atoms with van der Waals surface area (Å²) in [5.41, 5.74) is 1.28. The molecule has 1 aromatic heterocycles. The summed E-state index contributed by atoms with van der Waals surface area (Å²) in [5.74, 6) is -0.723. The van der Waals surface area contributed by atoms with Crippen molar-refractivity contribution in [1.29, 1.82) is 0 Å². The summed E-state index contributed by atoms with van der Waals surface area (Å²) >= 11 is 8.52. The normalized spacial score (nSPS) is 11.0. The molecular weight excluding hydrogens is 461 g/mol. The van der Waals surface area contributed by atoms with E-state index in [1.807, 2.05) is 0 Å². The van der Waals surface area contributed by atoms with Crippen LogP contribution in [0.1, 0.15) is 22.3 Å². The first kappa shape index (κ1) is 21.4. The number of amides is 1. The van der Waals surface area contributed by atoms with E-state index in [9.17, 15) is 14.0 Å². The number of benzene rings is 2. The molecule has 29 heavy (non-hydrogen) atoms. The number of H-pyrrole nitrogens is 1. The van der Waals surface area contributed by atoms with E-state index in [2.05, 4.69) is 26.2 Å². The van der Waals surface area contributed by atoms with E-state index in [0.717, 1.165) is 0 Å². The van der Waals surface area contributed by atoms with Crippen molar-refractivity contribution in [3.05, 3.63) is 72.9 Å². The van der Waals surface area contributed by atoms with Crippen LogP contribution in [0.5, 0.6) is 0 Å². The minimum Gasteiger partial charge on any atom is -0.385 e. The highest BCUT2D eigenvalue weighted by Gasteiger charge is 2.11. The second kappa shape index (κ2) is 9.43. The lowest BCUT2D eigenvalue weighted by Crippen LogP contribution is -2.24. The van der Waals surface area contributed by atoms with Crippen molar-refractivity contribution in [1.82, 2.24) is 14.9 Å². The molecule has 0 aliphatic heterocycles. The molecule has 0 aliphatic rings. The number of aromatic nitrogens is 2. The molecule has 0 aliphatic carbocycles. The summed E-state index contributed by atoms with van der Waals surface area (Å²) in [6.07, 6.45) is 0.663. The van der Waals surface area contributed by atoms with Gasteiger partial charge in [0.1, 0.15) is 5.82 Å². The number of hydrogen-bond donors (Lipinski definition) is 2. The molecule has 0 saturated heterocycles. The van der Waals surface area contributed by atoms with Gasteiger partial charge in [-0.3, -0.25) is 14.2 Å². The number of carbonyl (C=O) groups excluding carboxylic acids is 1. The van der Waals surface area contributed by atoms with Crippen LogP contribution in [0, 0.1) is 10.6 Å². The molecule has 0 bridgehead atoms. The number of methoxy groups -OCH3 is 1. The fourth-order valence-electron chi connectivity index (χ4n) is 2.96. The minimum atomic E-state index is -0.385. The maximum absolute atomic E-state index is 13.5. The van der Waals surface area contributed by atoms with Gasteiger partial charge < -0.3 is 15.0 Å². The van der Waals surface area contributed by atoms with Gasteiger partial charge in [-0.2, -0.15) is 0 Å². The molecule has 3 aromatic rings. The maximum Gasteiger partial charge on any atom is 0.262 e. The molecule has 0 radical (unpaired) electrons. The Morgan fingerprint density at radius 1 is 1.31 bits per heavy atom. The largest absolute Gasteiger partial charge is 0.385 e. The molecule has 6 nitrogen and oxygen atoms in total. The highest BCUT2D eigenvalue weighted by molar-refractivity contribution is 9.10. The monoisotopic (exact) mass is 479 g/mol. The lowest BCUT2D eigenvalue weighted by molar-refractivity contribution is 0.0951. The van der Waals surface area contributed by atoms with E-state index in [1.54, 1.807) is 31.4 Å². The van der Waals surface area contributed by atoms with Crippen molar-refractivity contribution in [3.63, 3.8) is 0 Å².